The van der Waals surface area contributed by atoms with E-state index in [1.165, 1.54) is 18.2 Å². The van der Waals surface area contributed by atoms with Crippen LogP contribution in [0.1, 0.15) is 36.5 Å². The summed E-state index contributed by atoms with van der Waals surface area (Å²) in [6, 6.07) is 10.7. The van der Waals surface area contributed by atoms with E-state index in [0.29, 0.717) is 43.4 Å². The van der Waals surface area contributed by atoms with Gasteiger partial charge < -0.3 is 14.5 Å². The van der Waals surface area contributed by atoms with E-state index in [2.05, 4.69) is 10.2 Å². The average molecular weight is 452 g/mol. The summed E-state index contributed by atoms with van der Waals surface area (Å²) in [5.74, 6) is -0.663. The second kappa shape index (κ2) is 9.81. The lowest BCUT2D eigenvalue weighted by atomic mass is 10.1. The number of nitrogens with one attached hydrogen (secondary N) is 1. The van der Waals surface area contributed by atoms with E-state index in [4.69, 9.17) is 4.74 Å². The highest BCUT2D eigenvalue weighted by atomic mass is 19.1. The van der Waals surface area contributed by atoms with E-state index in [1.807, 2.05) is 6.92 Å². The first kappa shape index (κ1) is 22.4. The van der Waals surface area contributed by atoms with E-state index >= 15 is 0 Å². The molecule has 0 saturated carbocycles. The molecule has 0 aliphatic carbocycles. The first-order valence-electron chi connectivity index (χ1n) is 11.0. The molecule has 172 valence electrons. The molecule has 1 fully saturated rings. The van der Waals surface area contributed by atoms with Gasteiger partial charge in [-0.25, -0.2) is 9.49 Å². The van der Waals surface area contributed by atoms with Crippen molar-refractivity contribution in [3.8, 4) is 11.6 Å². The molecule has 1 aliphatic heterocycles. The molecule has 1 aromatic heterocycles. The molecular formula is C24H25FN4O4. The highest BCUT2D eigenvalue weighted by Crippen LogP contribution is 2.27. The van der Waals surface area contributed by atoms with Crippen LogP contribution < -0.4 is 10.3 Å². The number of carbonyl (C=O) groups is 2. The summed E-state index contributed by atoms with van der Waals surface area (Å²) in [5.41, 5.74) is -0.466. The number of rotatable bonds is 6. The van der Waals surface area contributed by atoms with Crippen molar-refractivity contribution < 1.29 is 18.7 Å². The van der Waals surface area contributed by atoms with Gasteiger partial charge in [0.25, 0.3) is 11.5 Å². The summed E-state index contributed by atoms with van der Waals surface area (Å²) in [5, 5.41) is 7.24. The molecule has 0 bridgehead atoms. The molecule has 1 saturated heterocycles. The van der Waals surface area contributed by atoms with Crippen LogP contribution in [0, 0.1) is 5.82 Å². The van der Waals surface area contributed by atoms with Gasteiger partial charge in [0.1, 0.15) is 11.6 Å². The van der Waals surface area contributed by atoms with Crippen molar-refractivity contribution in [3.05, 3.63) is 64.2 Å². The number of ether oxygens (including phenoxy) is 1. The average Bonchev–Trinajstić information content (AvgIpc) is 2.85. The van der Waals surface area contributed by atoms with Crippen molar-refractivity contribution in [2.24, 2.45) is 0 Å². The van der Waals surface area contributed by atoms with Crippen LogP contribution in [0.25, 0.3) is 10.8 Å². The van der Waals surface area contributed by atoms with E-state index in [9.17, 15) is 18.8 Å². The standard InChI is InChI=1S/C24H25FN4O4/c1-2-3-8-21(30)28-11-13-29(14-12-28)24(32)19-15-16(9-10-20(19)25)33-23-18-7-5-4-6-17(18)22(31)26-27-23/h4-7,9-10,15H,2-3,8,11-14H2,1H3,(H,26,31). The Bertz CT molecular complexity index is 1230. The third kappa shape index (κ3) is 4.87. The number of aromatic amines is 1. The molecule has 4 rings (SSSR count). The molecule has 8 nitrogen and oxygen atoms in total. The second-order valence-electron chi connectivity index (χ2n) is 7.92. The van der Waals surface area contributed by atoms with Gasteiger partial charge in [0.2, 0.25) is 11.8 Å². The smallest absolute Gasteiger partial charge is 0.272 e. The summed E-state index contributed by atoms with van der Waals surface area (Å²) in [4.78, 5) is 40.5. The van der Waals surface area contributed by atoms with Crippen LogP contribution in [-0.2, 0) is 4.79 Å². The Hall–Kier alpha value is -3.75. The van der Waals surface area contributed by atoms with Crippen LogP contribution in [0.3, 0.4) is 0 Å². The predicted octanol–water partition coefficient (Wildman–Crippen LogP) is 3.33. The van der Waals surface area contributed by atoms with Gasteiger partial charge in [0.15, 0.2) is 0 Å². The molecule has 0 unspecified atom stereocenters. The van der Waals surface area contributed by atoms with Crippen LogP contribution in [0.15, 0.2) is 47.3 Å². The summed E-state index contributed by atoms with van der Waals surface area (Å²) in [7, 11) is 0. The van der Waals surface area contributed by atoms with E-state index in [0.717, 1.165) is 12.8 Å². The maximum Gasteiger partial charge on any atom is 0.272 e. The zero-order chi connectivity index (χ0) is 23.4. The maximum absolute atomic E-state index is 14.5. The van der Waals surface area contributed by atoms with Crippen molar-refractivity contribution in [1.29, 1.82) is 0 Å². The van der Waals surface area contributed by atoms with Crippen molar-refractivity contribution >= 4 is 22.6 Å². The monoisotopic (exact) mass is 452 g/mol. The third-order valence-corrected chi connectivity index (χ3v) is 5.71. The Morgan fingerprint density at radius 2 is 1.76 bits per heavy atom. The molecule has 0 spiro atoms. The summed E-state index contributed by atoms with van der Waals surface area (Å²) in [6.07, 6.45) is 2.30. The molecule has 9 heteroatoms. The number of piperazine rings is 1. The number of hydrogen-bond donors (Lipinski definition) is 1. The number of hydrogen-bond acceptors (Lipinski definition) is 5. The van der Waals surface area contributed by atoms with Crippen molar-refractivity contribution in [3.63, 3.8) is 0 Å². The molecule has 3 aromatic rings. The van der Waals surface area contributed by atoms with Crippen LogP contribution in [0.2, 0.25) is 0 Å². The Morgan fingerprint density at radius 3 is 2.48 bits per heavy atom. The minimum atomic E-state index is -0.659. The number of fused-ring (bicyclic) bond motifs is 1. The molecule has 2 heterocycles. The van der Waals surface area contributed by atoms with Gasteiger partial charge in [-0.15, -0.1) is 5.10 Å². The first-order valence-corrected chi connectivity index (χ1v) is 11.0. The molecule has 2 amide bonds. The number of amides is 2. The Labute approximate surface area is 190 Å². The minimum absolute atomic E-state index is 0.0890. The Balaban J connectivity index is 1.49. The van der Waals surface area contributed by atoms with Gasteiger partial charge in [-0.3, -0.25) is 14.4 Å². The number of aromatic nitrogens is 2. The van der Waals surface area contributed by atoms with Gasteiger partial charge >= 0.3 is 0 Å². The zero-order valence-corrected chi connectivity index (χ0v) is 18.3. The Morgan fingerprint density at radius 1 is 1.06 bits per heavy atom. The van der Waals surface area contributed by atoms with Crippen LogP contribution in [-0.4, -0.2) is 58.0 Å². The van der Waals surface area contributed by atoms with Gasteiger partial charge in [-0.2, -0.15) is 0 Å². The number of halogens is 1. The summed E-state index contributed by atoms with van der Waals surface area (Å²) >= 11 is 0. The molecule has 2 aromatic carbocycles. The van der Waals surface area contributed by atoms with Crippen LogP contribution in [0.5, 0.6) is 11.6 Å². The number of unbranched alkanes of at least 4 members (excludes halogenated alkanes) is 1. The number of carbonyl (C=O) groups excluding carboxylic acids is 2. The van der Waals surface area contributed by atoms with Crippen LogP contribution in [0.4, 0.5) is 4.39 Å². The largest absolute Gasteiger partial charge is 0.437 e. The van der Waals surface area contributed by atoms with Crippen molar-refractivity contribution in [2.75, 3.05) is 26.2 Å². The third-order valence-electron chi connectivity index (χ3n) is 5.71. The van der Waals surface area contributed by atoms with Gasteiger partial charge in [0, 0.05) is 32.6 Å². The fourth-order valence-electron chi connectivity index (χ4n) is 3.83. The number of benzene rings is 2. The van der Waals surface area contributed by atoms with E-state index in [-0.39, 0.29) is 28.7 Å². The fraction of sp³-hybridized carbons (Fsp3) is 0.333. The van der Waals surface area contributed by atoms with E-state index < -0.39 is 11.7 Å². The Kier molecular flexibility index (Phi) is 6.67. The SMILES string of the molecule is CCCCC(=O)N1CCN(C(=O)c2cc(Oc3n[nH]c(=O)c4ccccc34)ccc2F)CC1. The lowest BCUT2D eigenvalue weighted by Crippen LogP contribution is -2.50. The van der Waals surface area contributed by atoms with Gasteiger partial charge in [0.05, 0.1) is 16.3 Å². The van der Waals surface area contributed by atoms with Crippen LogP contribution >= 0.6 is 0 Å². The minimum Gasteiger partial charge on any atom is -0.437 e. The molecule has 33 heavy (non-hydrogen) atoms. The van der Waals surface area contributed by atoms with Crippen molar-refractivity contribution in [1.82, 2.24) is 20.0 Å². The van der Waals surface area contributed by atoms with Gasteiger partial charge in [-0.05, 0) is 36.8 Å². The topological polar surface area (TPSA) is 95.6 Å². The molecule has 1 N–H and O–H groups in total. The maximum atomic E-state index is 14.5. The lowest BCUT2D eigenvalue weighted by molar-refractivity contribution is -0.132. The molecule has 1 aliphatic rings. The number of H-pyrrole nitrogens is 1. The first-order chi connectivity index (χ1) is 16.0. The molecule has 0 radical (unpaired) electrons. The highest BCUT2D eigenvalue weighted by molar-refractivity contribution is 5.95. The van der Waals surface area contributed by atoms with Gasteiger partial charge in [-0.1, -0.05) is 25.5 Å². The lowest BCUT2D eigenvalue weighted by Gasteiger charge is -2.35. The van der Waals surface area contributed by atoms with Crippen molar-refractivity contribution in [2.45, 2.75) is 26.2 Å². The summed E-state index contributed by atoms with van der Waals surface area (Å²) < 4.78 is 20.3. The van der Waals surface area contributed by atoms with E-state index in [1.54, 1.807) is 34.1 Å². The zero-order valence-electron chi connectivity index (χ0n) is 18.3. The second-order valence-corrected chi connectivity index (χ2v) is 7.92. The molecular weight excluding hydrogens is 427 g/mol. The summed E-state index contributed by atoms with van der Waals surface area (Å²) in [6.45, 7) is 3.57. The highest BCUT2D eigenvalue weighted by Gasteiger charge is 2.26. The molecule has 0 atom stereocenters. The quantitative estimate of drug-likeness (QED) is 0.619. The number of nitrogens with zero attached hydrogens (tertiary/aromatic N) is 3. The fourth-order valence-corrected chi connectivity index (χ4v) is 3.83. The predicted molar refractivity (Wildman–Crippen MR) is 121 cm³/mol. The normalized spacial score (nSPS) is 13.9.